The molecule has 0 saturated heterocycles. The third-order valence-corrected chi connectivity index (χ3v) is 1.58. The maximum absolute atomic E-state index is 3.97. The molecule has 0 atom stereocenters. The first-order chi connectivity index (χ1) is 6.39. The van der Waals surface area contributed by atoms with Crippen molar-refractivity contribution in [1.29, 1.82) is 0 Å². The van der Waals surface area contributed by atoms with Crippen LogP contribution >= 0.6 is 12.6 Å². The molecular formula is C11H11NS. The van der Waals surface area contributed by atoms with Crippen LogP contribution in [0, 0.1) is 0 Å². The highest BCUT2D eigenvalue weighted by Crippen LogP contribution is 1.95. The summed E-state index contributed by atoms with van der Waals surface area (Å²) in [5.74, 6) is 0. The minimum absolute atomic E-state index is 0.766. The summed E-state index contributed by atoms with van der Waals surface area (Å²) >= 11 is 3.97. The van der Waals surface area contributed by atoms with Crippen molar-refractivity contribution >= 4 is 12.6 Å². The Morgan fingerprint density at radius 2 is 1.31 bits per heavy atom. The van der Waals surface area contributed by atoms with E-state index in [1.807, 2.05) is 54.6 Å². The lowest BCUT2D eigenvalue weighted by atomic mass is 10.4. The molecular weight excluding hydrogens is 178 g/mol. The SMILES string of the molecule is Sc1ccccn1.c1ccccc1. The van der Waals surface area contributed by atoms with Crippen LogP contribution in [0.15, 0.2) is 65.8 Å². The van der Waals surface area contributed by atoms with Gasteiger partial charge in [-0.3, -0.25) is 4.98 Å². The zero-order valence-electron chi connectivity index (χ0n) is 7.17. The second-order valence-electron chi connectivity index (χ2n) is 2.34. The van der Waals surface area contributed by atoms with Gasteiger partial charge in [0.25, 0.3) is 0 Å². The van der Waals surface area contributed by atoms with Gasteiger partial charge >= 0.3 is 0 Å². The van der Waals surface area contributed by atoms with Gasteiger partial charge in [0, 0.05) is 6.20 Å². The summed E-state index contributed by atoms with van der Waals surface area (Å²) in [5, 5.41) is 0.766. The topological polar surface area (TPSA) is 12.9 Å². The van der Waals surface area contributed by atoms with E-state index in [9.17, 15) is 0 Å². The lowest BCUT2D eigenvalue weighted by Gasteiger charge is -1.81. The van der Waals surface area contributed by atoms with E-state index < -0.39 is 0 Å². The fourth-order valence-corrected chi connectivity index (χ4v) is 0.891. The Morgan fingerprint density at radius 1 is 0.769 bits per heavy atom. The number of rotatable bonds is 0. The van der Waals surface area contributed by atoms with Gasteiger partial charge in [0.1, 0.15) is 0 Å². The molecule has 0 fully saturated rings. The molecule has 0 amide bonds. The van der Waals surface area contributed by atoms with Crippen molar-refractivity contribution in [3.8, 4) is 0 Å². The van der Waals surface area contributed by atoms with Gasteiger partial charge in [-0.2, -0.15) is 0 Å². The van der Waals surface area contributed by atoms with Gasteiger partial charge in [0.2, 0.25) is 0 Å². The number of pyridine rings is 1. The summed E-state index contributed by atoms with van der Waals surface area (Å²) in [4.78, 5) is 3.84. The quantitative estimate of drug-likeness (QED) is 0.628. The maximum atomic E-state index is 3.97. The molecule has 0 aliphatic carbocycles. The maximum Gasteiger partial charge on any atom is 0.0929 e. The lowest BCUT2D eigenvalue weighted by molar-refractivity contribution is 1.14. The van der Waals surface area contributed by atoms with Crippen molar-refractivity contribution in [2.75, 3.05) is 0 Å². The first-order valence-electron chi connectivity index (χ1n) is 3.99. The first kappa shape index (κ1) is 9.81. The van der Waals surface area contributed by atoms with E-state index in [2.05, 4.69) is 17.6 Å². The van der Waals surface area contributed by atoms with Gasteiger partial charge in [0.15, 0.2) is 0 Å². The van der Waals surface area contributed by atoms with Crippen LogP contribution in [0.2, 0.25) is 0 Å². The summed E-state index contributed by atoms with van der Waals surface area (Å²) in [6.45, 7) is 0. The number of benzene rings is 1. The predicted molar refractivity (Wildman–Crippen MR) is 57.9 cm³/mol. The average Bonchev–Trinajstić information content (AvgIpc) is 2.22. The second-order valence-corrected chi connectivity index (χ2v) is 2.80. The van der Waals surface area contributed by atoms with Gasteiger partial charge in [-0.1, -0.05) is 42.5 Å². The third-order valence-electron chi connectivity index (χ3n) is 1.32. The summed E-state index contributed by atoms with van der Waals surface area (Å²) < 4.78 is 0. The van der Waals surface area contributed by atoms with Crippen LogP contribution in [0.25, 0.3) is 0 Å². The molecule has 0 unspecified atom stereocenters. The Balaban J connectivity index is 0.000000132. The average molecular weight is 189 g/mol. The standard InChI is InChI=1S/C6H6.C5H5NS/c1-2-4-6-5-3-1;7-5-3-1-2-4-6-5/h1-6H;1-4H,(H,6,7). The van der Waals surface area contributed by atoms with Crippen LogP contribution in [-0.4, -0.2) is 4.98 Å². The molecule has 1 nitrogen and oxygen atoms in total. The van der Waals surface area contributed by atoms with Gasteiger partial charge in [-0.05, 0) is 12.1 Å². The third kappa shape index (κ3) is 5.04. The van der Waals surface area contributed by atoms with Gasteiger partial charge < -0.3 is 0 Å². The monoisotopic (exact) mass is 189 g/mol. The van der Waals surface area contributed by atoms with E-state index in [0.717, 1.165) is 5.03 Å². The summed E-state index contributed by atoms with van der Waals surface area (Å²) in [7, 11) is 0. The summed E-state index contributed by atoms with van der Waals surface area (Å²) in [6.07, 6.45) is 1.71. The zero-order valence-corrected chi connectivity index (χ0v) is 8.06. The van der Waals surface area contributed by atoms with E-state index in [0.29, 0.717) is 0 Å². The molecule has 0 saturated carbocycles. The minimum Gasteiger partial charge on any atom is -0.250 e. The molecule has 0 N–H and O–H groups in total. The van der Waals surface area contributed by atoms with Crippen LogP contribution in [0.4, 0.5) is 0 Å². The Bertz CT molecular complexity index is 281. The molecule has 0 spiro atoms. The summed E-state index contributed by atoms with van der Waals surface area (Å²) in [6, 6.07) is 17.6. The van der Waals surface area contributed by atoms with Crippen molar-refractivity contribution in [1.82, 2.24) is 4.98 Å². The largest absolute Gasteiger partial charge is 0.250 e. The fourth-order valence-electron chi connectivity index (χ4n) is 0.739. The molecule has 0 aliphatic heterocycles. The first-order valence-corrected chi connectivity index (χ1v) is 4.44. The minimum atomic E-state index is 0.766. The normalized spacial score (nSPS) is 8.38. The number of hydrogen-bond donors (Lipinski definition) is 1. The Morgan fingerprint density at radius 3 is 1.54 bits per heavy atom. The molecule has 2 aromatic rings. The smallest absolute Gasteiger partial charge is 0.0929 e. The van der Waals surface area contributed by atoms with Crippen molar-refractivity contribution in [2.45, 2.75) is 5.03 Å². The molecule has 66 valence electrons. The van der Waals surface area contributed by atoms with E-state index in [4.69, 9.17) is 0 Å². The molecule has 2 heteroatoms. The molecule has 1 heterocycles. The van der Waals surface area contributed by atoms with E-state index in [-0.39, 0.29) is 0 Å². The highest BCUT2D eigenvalue weighted by atomic mass is 32.1. The molecule has 2 rings (SSSR count). The molecule has 13 heavy (non-hydrogen) atoms. The number of nitrogens with zero attached hydrogens (tertiary/aromatic N) is 1. The Labute approximate surface area is 83.9 Å². The summed E-state index contributed by atoms with van der Waals surface area (Å²) in [5.41, 5.74) is 0. The molecule has 1 aromatic heterocycles. The van der Waals surface area contributed by atoms with Crippen molar-refractivity contribution in [3.05, 3.63) is 60.8 Å². The zero-order chi connectivity index (χ0) is 9.36. The van der Waals surface area contributed by atoms with Crippen molar-refractivity contribution < 1.29 is 0 Å². The lowest BCUT2D eigenvalue weighted by Crippen LogP contribution is -1.67. The van der Waals surface area contributed by atoms with E-state index >= 15 is 0 Å². The van der Waals surface area contributed by atoms with Gasteiger partial charge in [-0.15, -0.1) is 12.6 Å². The predicted octanol–water partition coefficient (Wildman–Crippen LogP) is 3.06. The van der Waals surface area contributed by atoms with Crippen LogP contribution in [-0.2, 0) is 0 Å². The van der Waals surface area contributed by atoms with E-state index in [1.165, 1.54) is 0 Å². The van der Waals surface area contributed by atoms with Crippen LogP contribution in [0.5, 0.6) is 0 Å². The van der Waals surface area contributed by atoms with Crippen LogP contribution in [0.3, 0.4) is 0 Å². The van der Waals surface area contributed by atoms with Gasteiger partial charge in [0.05, 0.1) is 5.03 Å². The fraction of sp³-hybridized carbons (Fsp3) is 0. The number of thiol groups is 1. The van der Waals surface area contributed by atoms with E-state index in [1.54, 1.807) is 6.20 Å². The molecule has 0 bridgehead atoms. The number of hydrogen-bond acceptors (Lipinski definition) is 2. The van der Waals surface area contributed by atoms with Gasteiger partial charge in [-0.25, -0.2) is 0 Å². The molecule has 0 radical (unpaired) electrons. The van der Waals surface area contributed by atoms with Crippen molar-refractivity contribution in [3.63, 3.8) is 0 Å². The number of aromatic nitrogens is 1. The molecule has 0 aliphatic rings. The molecule has 1 aromatic carbocycles. The Kier molecular flexibility index (Phi) is 4.72. The van der Waals surface area contributed by atoms with Crippen molar-refractivity contribution in [2.24, 2.45) is 0 Å². The highest BCUT2D eigenvalue weighted by Gasteiger charge is 1.74. The van der Waals surface area contributed by atoms with Crippen LogP contribution in [0.1, 0.15) is 0 Å². The van der Waals surface area contributed by atoms with Crippen LogP contribution < -0.4 is 0 Å². The highest BCUT2D eigenvalue weighted by molar-refractivity contribution is 7.80. The Hall–Kier alpha value is -1.28. The second kappa shape index (κ2) is 6.26.